The van der Waals surface area contributed by atoms with Crippen molar-refractivity contribution in [2.75, 3.05) is 0 Å². The Morgan fingerprint density at radius 3 is 2.65 bits per heavy atom. The van der Waals surface area contributed by atoms with Gasteiger partial charge in [0, 0.05) is 18.4 Å². The molecule has 1 fully saturated rings. The Balaban J connectivity index is 1.84. The molecule has 1 aromatic heterocycles. The van der Waals surface area contributed by atoms with E-state index in [9.17, 15) is 0 Å². The van der Waals surface area contributed by atoms with Gasteiger partial charge in [-0.05, 0) is 36.3 Å². The Labute approximate surface area is 120 Å². The topological polar surface area (TPSA) is 51.8 Å². The third-order valence-corrected chi connectivity index (χ3v) is 4.87. The zero-order chi connectivity index (χ0) is 13.9. The molecule has 2 aromatic rings. The molecular formula is C17H23N3. The van der Waals surface area contributed by atoms with Crippen LogP contribution in [-0.2, 0) is 0 Å². The highest BCUT2D eigenvalue weighted by atomic mass is 14.8. The predicted octanol–water partition coefficient (Wildman–Crippen LogP) is 3.85. The highest BCUT2D eigenvalue weighted by Gasteiger charge is 2.26. The van der Waals surface area contributed by atoms with Crippen molar-refractivity contribution in [1.82, 2.24) is 9.97 Å². The fourth-order valence-electron chi connectivity index (χ4n) is 3.49. The minimum atomic E-state index is 0.0909. The number of hydrogen-bond acceptors (Lipinski definition) is 3. The lowest BCUT2D eigenvalue weighted by Gasteiger charge is -2.32. The fraction of sp³-hybridized carbons (Fsp3) is 0.529. The summed E-state index contributed by atoms with van der Waals surface area (Å²) in [7, 11) is 0. The third kappa shape index (κ3) is 2.55. The molecule has 1 aliphatic rings. The zero-order valence-corrected chi connectivity index (χ0v) is 12.1. The van der Waals surface area contributed by atoms with Gasteiger partial charge in [0.15, 0.2) is 0 Å². The Hall–Kier alpha value is -1.48. The maximum Gasteiger partial charge on any atom is 0.0934 e. The standard InChI is InChI=1S/C17H23N3/c1-2-12-6-8-13(9-7-12)16(18)14-4-3-5-15-17(14)20-11-10-19-15/h3-5,10-13,16H,2,6-9,18H2,1H3. The van der Waals surface area contributed by atoms with Gasteiger partial charge >= 0.3 is 0 Å². The van der Waals surface area contributed by atoms with Crippen LogP contribution in [0.4, 0.5) is 0 Å². The molecular weight excluding hydrogens is 246 g/mol. The first-order chi connectivity index (χ1) is 9.79. The van der Waals surface area contributed by atoms with E-state index in [0.29, 0.717) is 5.92 Å². The van der Waals surface area contributed by atoms with Crippen LogP contribution >= 0.6 is 0 Å². The summed E-state index contributed by atoms with van der Waals surface area (Å²) in [6, 6.07) is 6.26. The summed E-state index contributed by atoms with van der Waals surface area (Å²) in [6.45, 7) is 2.30. The van der Waals surface area contributed by atoms with Crippen LogP contribution in [0.3, 0.4) is 0 Å². The minimum Gasteiger partial charge on any atom is -0.324 e. The van der Waals surface area contributed by atoms with Crippen molar-refractivity contribution in [3.8, 4) is 0 Å². The van der Waals surface area contributed by atoms with Gasteiger partial charge in [0.1, 0.15) is 0 Å². The maximum absolute atomic E-state index is 6.55. The lowest BCUT2D eigenvalue weighted by atomic mass is 9.76. The summed E-state index contributed by atoms with van der Waals surface area (Å²) in [5.41, 5.74) is 9.64. The van der Waals surface area contributed by atoms with E-state index >= 15 is 0 Å². The summed E-state index contributed by atoms with van der Waals surface area (Å²) in [4.78, 5) is 8.86. The second kappa shape index (κ2) is 5.88. The van der Waals surface area contributed by atoms with Crippen LogP contribution < -0.4 is 5.73 Å². The Morgan fingerprint density at radius 1 is 1.15 bits per heavy atom. The normalized spacial score (nSPS) is 24.7. The van der Waals surface area contributed by atoms with Gasteiger partial charge in [0.2, 0.25) is 0 Å². The summed E-state index contributed by atoms with van der Waals surface area (Å²) < 4.78 is 0. The van der Waals surface area contributed by atoms with Crippen molar-refractivity contribution in [3.63, 3.8) is 0 Å². The van der Waals surface area contributed by atoms with Gasteiger partial charge in [0.05, 0.1) is 11.0 Å². The molecule has 1 heterocycles. The van der Waals surface area contributed by atoms with Crippen LogP contribution in [0.2, 0.25) is 0 Å². The number of para-hydroxylation sites is 1. The van der Waals surface area contributed by atoms with E-state index in [-0.39, 0.29) is 6.04 Å². The Kier molecular flexibility index (Phi) is 3.97. The first kappa shape index (κ1) is 13.5. The number of benzene rings is 1. The van der Waals surface area contributed by atoms with E-state index in [1.54, 1.807) is 12.4 Å². The van der Waals surface area contributed by atoms with Crippen LogP contribution in [0.15, 0.2) is 30.6 Å². The van der Waals surface area contributed by atoms with Crippen molar-refractivity contribution >= 4 is 11.0 Å². The molecule has 3 rings (SSSR count). The number of nitrogens with two attached hydrogens (primary N) is 1. The first-order valence-corrected chi connectivity index (χ1v) is 7.74. The number of fused-ring (bicyclic) bond motifs is 1. The molecule has 3 nitrogen and oxygen atoms in total. The van der Waals surface area contributed by atoms with E-state index in [1.807, 2.05) is 12.1 Å². The van der Waals surface area contributed by atoms with Crippen molar-refractivity contribution < 1.29 is 0 Å². The molecule has 0 radical (unpaired) electrons. The van der Waals surface area contributed by atoms with Gasteiger partial charge in [-0.25, -0.2) is 0 Å². The van der Waals surface area contributed by atoms with Crippen molar-refractivity contribution in [2.45, 2.75) is 45.1 Å². The lowest BCUT2D eigenvalue weighted by Crippen LogP contribution is -2.26. The van der Waals surface area contributed by atoms with E-state index in [4.69, 9.17) is 5.73 Å². The van der Waals surface area contributed by atoms with Crippen LogP contribution in [0, 0.1) is 11.8 Å². The first-order valence-electron chi connectivity index (χ1n) is 7.74. The highest BCUT2D eigenvalue weighted by Crippen LogP contribution is 2.37. The number of nitrogens with zero attached hydrogens (tertiary/aromatic N) is 2. The molecule has 1 unspecified atom stereocenters. The third-order valence-electron chi connectivity index (χ3n) is 4.87. The molecule has 1 aromatic carbocycles. The number of hydrogen-bond donors (Lipinski definition) is 1. The van der Waals surface area contributed by atoms with Crippen LogP contribution in [0.1, 0.15) is 50.6 Å². The molecule has 2 N–H and O–H groups in total. The monoisotopic (exact) mass is 269 g/mol. The quantitative estimate of drug-likeness (QED) is 0.921. The molecule has 0 amide bonds. The molecule has 106 valence electrons. The molecule has 0 saturated heterocycles. The molecule has 20 heavy (non-hydrogen) atoms. The van der Waals surface area contributed by atoms with E-state index in [2.05, 4.69) is 23.0 Å². The van der Waals surface area contributed by atoms with Crippen molar-refractivity contribution in [2.24, 2.45) is 17.6 Å². The van der Waals surface area contributed by atoms with Gasteiger partial charge in [-0.15, -0.1) is 0 Å². The molecule has 1 aliphatic carbocycles. The lowest BCUT2D eigenvalue weighted by molar-refractivity contribution is 0.240. The fourth-order valence-corrected chi connectivity index (χ4v) is 3.49. The smallest absolute Gasteiger partial charge is 0.0934 e. The predicted molar refractivity (Wildman–Crippen MR) is 82.2 cm³/mol. The van der Waals surface area contributed by atoms with Crippen LogP contribution in [0.25, 0.3) is 11.0 Å². The van der Waals surface area contributed by atoms with Crippen molar-refractivity contribution in [1.29, 1.82) is 0 Å². The highest BCUT2D eigenvalue weighted by molar-refractivity contribution is 5.78. The van der Waals surface area contributed by atoms with Gasteiger partial charge in [-0.3, -0.25) is 9.97 Å². The van der Waals surface area contributed by atoms with E-state index in [1.165, 1.54) is 32.1 Å². The van der Waals surface area contributed by atoms with E-state index in [0.717, 1.165) is 22.5 Å². The molecule has 0 aliphatic heterocycles. The van der Waals surface area contributed by atoms with Gasteiger partial charge in [-0.1, -0.05) is 38.3 Å². The second-order valence-corrected chi connectivity index (χ2v) is 5.99. The SMILES string of the molecule is CCC1CCC(C(N)c2cccc3nccnc23)CC1. The number of aromatic nitrogens is 2. The minimum absolute atomic E-state index is 0.0909. The molecule has 0 spiro atoms. The summed E-state index contributed by atoms with van der Waals surface area (Å²) in [5, 5.41) is 0. The molecule has 3 heteroatoms. The van der Waals surface area contributed by atoms with Crippen LogP contribution in [-0.4, -0.2) is 9.97 Å². The maximum atomic E-state index is 6.55. The van der Waals surface area contributed by atoms with Gasteiger partial charge in [0.25, 0.3) is 0 Å². The average molecular weight is 269 g/mol. The summed E-state index contributed by atoms with van der Waals surface area (Å²) >= 11 is 0. The average Bonchev–Trinajstić information content (AvgIpc) is 2.54. The summed E-state index contributed by atoms with van der Waals surface area (Å²) in [6.07, 6.45) is 9.95. The number of rotatable bonds is 3. The Bertz CT molecular complexity index is 568. The Morgan fingerprint density at radius 2 is 1.90 bits per heavy atom. The van der Waals surface area contributed by atoms with E-state index < -0.39 is 0 Å². The van der Waals surface area contributed by atoms with Gasteiger partial charge < -0.3 is 5.73 Å². The molecule has 1 atom stereocenters. The zero-order valence-electron chi connectivity index (χ0n) is 12.1. The molecule has 0 bridgehead atoms. The largest absolute Gasteiger partial charge is 0.324 e. The van der Waals surface area contributed by atoms with Crippen molar-refractivity contribution in [3.05, 3.63) is 36.2 Å². The summed E-state index contributed by atoms with van der Waals surface area (Å²) in [5.74, 6) is 1.50. The van der Waals surface area contributed by atoms with Crippen LogP contribution in [0.5, 0.6) is 0 Å². The second-order valence-electron chi connectivity index (χ2n) is 5.99. The van der Waals surface area contributed by atoms with Gasteiger partial charge in [-0.2, -0.15) is 0 Å². The molecule has 1 saturated carbocycles.